The molecule has 70 valence electrons. The number of hydrogen-bond acceptors (Lipinski definition) is 2. The van der Waals surface area contributed by atoms with Crippen molar-refractivity contribution in [3.05, 3.63) is 35.9 Å². The van der Waals surface area contributed by atoms with Gasteiger partial charge in [0.1, 0.15) is 0 Å². The van der Waals surface area contributed by atoms with E-state index in [1.54, 1.807) is 0 Å². The predicted molar refractivity (Wildman–Crippen MR) is 50.6 cm³/mol. The molecule has 0 aromatic heterocycles. The van der Waals surface area contributed by atoms with Gasteiger partial charge in [-0.3, -0.25) is 0 Å². The Balaban J connectivity index is 2.24. The summed E-state index contributed by atoms with van der Waals surface area (Å²) in [6, 6.07) is 9.98. The lowest BCUT2D eigenvalue weighted by molar-refractivity contribution is 0.171. The fourth-order valence-electron chi connectivity index (χ4n) is 1.03. The molecule has 3 nitrogen and oxygen atoms in total. The van der Waals surface area contributed by atoms with E-state index in [1.165, 1.54) is 12.7 Å². The minimum Gasteiger partial charge on any atom is -0.453 e. The van der Waals surface area contributed by atoms with Crippen molar-refractivity contribution in [3.8, 4) is 0 Å². The van der Waals surface area contributed by atoms with Gasteiger partial charge in [0.05, 0.1) is 7.11 Å². The van der Waals surface area contributed by atoms with Crippen LogP contribution in [0.15, 0.2) is 30.3 Å². The van der Waals surface area contributed by atoms with E-state index < -0.39 is 0 Å². The van der Waals surface area contributed by atoms with Gasteiger partial charge in [0.25, 0.3) is 0 Å². The molecule has 0 atom stereocenters. The fourth-order valence-corrected chi connectivity index (χ4v) is 1.03. The first kappa shape index (κ1) is 9.58. The molecule has 0 aliphatic rings. The molecule has 13 heavy (non-hydrogen) atoms. The van der Waals surface area contributed by atoms with Gasteiger partial charge in [-0.15, -0.1) is 0 Å². The summed E-state index contributed by atoms with van der Waals surface area (Å²) in [7, 11) is 1.36. The Morgan fingerprint density at radius 3 is 2.69 bits per heavy atom. The molecule has 1 aromatic carbocycles. The third-order valence-corrected chi connectivity index (χ3v) is 1.71. The van der Waals surface area contributed by atoms with Crippen LogP contribution in [0.2, 0.25) is 0 Å². The van der Waals surface area contributed by atoms with E-state index in [1.807, 2.05) is 30.3 Å². The number of rotatable bonds is 3. The average molecular weight is 178 g/mol. The van der Waals surface area contributed by atoms with Crippen molar-refractivity contribution in [1.82, 2.24) is 5.32 Å². The highest BCUT2D eigenvalue weighted by molar-refractivity contribution is 5.66. The molecule has 0 saturated heterocycles. The van der Waals surface area contributed by atoms with E-state index in [9.17, 15) is 4.79 Å². The molecule has 0 aliphatic carbocycles. The summed E-state index contributed by atoms with van der Waals surface area (Å²) < 4.78 is 4.44. The number of ether oxygens (including phenoxy) is 1. The Morgan fingerprint density at radius 2 is 2.08 bits per heavy atom. The third kappa shape index (κ3) is 3.60. The summed E-state index contributed by atoms with van der Waals surface area (Å²) in [4.78, 5) is 10.7. The maximum Gasteiger partial charge on any atom is 0.406 e. The van der Waals surface area contributed by atoms with Gasteiger partial charge < -0.3 is 10.1 Å². The van der Waals surface area contributed by atoms with E-state index in [0.29, 0.717) is 6.54 Å². The molecule has 3 heteroatoms. The van der Waals surface area contributed by atoms with Crippen molar-refractivity contribution in [2.75, 3.05) is 13.7 Å². The van der Waals surface area contributed by atoms with Gasteiger partial charge in [0, 0.05) is 6.54 Å². The number of methoxy groups -OCH3 is 1. The van der Waals surface area contributed by atoms with Crippen molar-refractivity contribution in [1.29, 1.82) is 0 Å². The minimum absolute atomic E-state index is 0.379. The lowest BCUT2D eigenvalue weighted by atomic mass is 10.1. The van der Waals surface area contributed by atoms with Crippen LogP contribution in [0.25, 0.3) is 0 Å². The van der Waals surface area contributed by atoms with Gasteiger partial charge in [-0.25, -0.2) is 4.79 Å². The number of nitrogens with one attached hydrogen (secondary N) is 1. The summed E-state index contributed by atoms with van der Waals surface area (Å²) in [5, 5.41) is 2.62. The summed E-state index contributed by atoms with van der Waals surface area (Å²) in [6.45, 7) is 0.608. The van der Waals surface area contributed by atoms with Crippen LogP contribution in [0.1, 0.15) is 5.56 Å². The SMILES string of the molecule is CO[11C](=O)NCCc1ccccc1. The third-order valence-electron chi connectivity index (χ3n) is 1.71. The molecule has 1 rings (SSSR count). The topological polar surface area (TPSA) is 38.3 Å². The zero-order valence-corrected chi connectivity index (χ0v) is 7.62. The zero-order chi connectivity index (χ0) is 9.52. The van der Waals surface area contributed by atoms with Crippen LogP contribution in [-0.2, 0) is 11.2 Å². The first-order chi connectivity index (χ1) is 6.33. The second kappa shape index (κ2) is 5.19. The van der Waals surface area contributed by atoms with Crippen LogP contribution in [-0.4, -0.2) is 19.7 Å². The molecule has 0 radical (unpaired) electrons. The highest BCUT2D eigenvalue weighted by atomic mass is 16.5. The van der Waals surface area contributed by atoms with Crippen LogP contribution >= 0.6 is 0 Å². The fraction of sp³-hybridized carbons (Fsp3) is 0.300. The highest BCUT2D eigenvalue weighted by Gasteiger charge is 1.96. The quantitative estimate of drug-likeness (QED) is 0.763. The number of alkyl carbamates (subject to hydrolysis) is 1. The largest absolute Gasteiger partial charge is 0.453 e. The maximum atomic E-state index is 10.7. The lowest BCUT2D eigenvalue weighted by Crippen LogP contribution is -2.25. The second-order valence-electron chi connectivity index (χ2n) is 2.65. The molecule has 0 fully saturated rings. The summed E-state index contributed by atoms with van der Waals surface area (Å²) in [5.74, 6) is 0. The number of benzene rings is 1. The first-order valence-electron chi connectivity index (χ1n) is 4.18. The molecule has 0 bridgehead atoms. The van der Waals surface area contributed by atoms with Crippen LogP contribution in [0, 0.1) is 0 Å². The molecule has 0 spiro atoms. The number of hydrogen-bond donors (Lipinski definition) is 1. The summed E-state index contributed by atoms with van der Waals surface area (Å²) >= 11 is 0. The Labute approximate surface area is 77.7 Å². The monoisotopic (exact) mass is 178 g/mol. The zero-order valence-electron chi connectivity index (χ0n) is 7.62. The average Bonchev–Trinajstić information content (AvgIpc) is 2.19. The number of carbonyl (C=O) groups is 1. The Kier molecular flexibility index (Phi) is 3.82. The van der Waals surface area contributed by atoms with Gasteiger partial charge in [0.2, 0.25) is 0 Å². The lowest BCUT2D eigenvalue weighted by Gasteiger charge is -2.02. The standard InChI is InChI=1S/C10H13NO2/c1-13-10(12)11-8-7-9-5-3-2-4-6-9/h2-6H,7-8H2,1H3,(H,11,12)/i10-1. The molecule has 1 N–H and O–H groups in total. The normalized spacial score (nSPS) is 9.31. The Bertz CT molecular complexity index is 259. The van der Waals surface area contributed by atoms with Crippen LogP contribution in [0.3, 0.4) is 0 Å². The number of amides is 1. The van der Waals surface area contributed by atoms with Gasteiger partial charge in [0.15, 0.2) is 0 Å². The van der Waals surface area contributed by atoms with E-state index in [-0.39, 0.29) is 6.09 Å². The van der Waals surface area contributed by atoms with Crippen LogP contribution in [0.5, 0.6) is 0 Å². The van der Waals surface area contributed by atoms with E-state index >= 15 is 0 Å². The summed E-state index contributed by atoms with van der Waals surface area (Å²) in [6.07, 6.45) is 0.451. The van der Waals surface area contributed by atoms with E-state index in [0.717, 1.165) is 6.42 Å². The van der Waals surface area contributed by atoms with E-state index in [4.69, 9.17) is 0 Å². The van der Waals surface area contributed by atoms with Crippen molar-refractivity contribution in [2.45, 2.75) is 6.42 Å². The van der Waals surface area contributed by atoms with Crippen molar-refractivity contribution in [3.63, 3.8) is 0 Å². The van der Waals surface area contributed by atoms with Crippen molar-refractivity contribution >= 4 is 6.09 Å². The number of carbonyl (C=O) groups excluding carboxylic acids is 1. The van der Waals surface area contributed by atoms with Crippen molar-refractivity contribution < 1.29 is 9.53 Å². The minimum atomic E-state index is -0.379. The van der Waals surface area contributed by atoms with Gasteiger partial charge >= 0.3 is 6.09 Å². The maximum absolute atomic E-state index is 10.7. The molecular formula is C10H13NO2. The molecular weight excluding hydrogens is 165 g/mol. The van der Waals surface area contributed by atoms with Gasteiger partial charge in [-0.2, -0.15) is 0 Å². The predicted octanol–water partition coefficient (Wildman–Crippen LogP) is 1.59. The Hall–Kier alpha value is -1.51. The van der Waals surface area contributed by atoms with Crippen LogP contribution < -0.4 is 5.32 Å². The molecule has 1 aromatic rings. The van der Waals surface area contributed by atoms with Crippen molar-refractivity contribution in [2.24, 2.45) is 0 Å². The molecule has 0 unspecified atom stereocenters. The molecule has 1 amide bonds. The molecule has 0 heterocycles. The highest BCUT2D eigenvalue weighted by Crippen LogP contribution is 1.97. The molecule has 0 saturated carbocycles. The van der Waals surface area contributed by atoms with E-state index in [2.05, 4.69) is 10.1 Å². The van der Waals surface area contributed by atoms with Gasteiger partial charge in [-0.05, 0) is 12.0 Å². The first-order valence-corrected chi connectivity index (χ1v) is 4.18. The van der Waals surface area contributed by atoms with Crippen LogP contribution in [0.4, 0.5) is 4.79 Å². The molecule has 0 aliphatic heterocycles. The summed E-state index contributed by atoms with van der Waals surface area (Å²) in [5.41, 5.74) is 1.21. The Morgan fingerprint density at radius 1 is 1.38 bits per heavy atom. The second-order valence-corrected chi connectivity index (χ2v) is 2.65. The van der Waals surface area contributed by atoms with Gasteiger partial charge in [-0.1, -0.05) is 30.3 Å². The smallest absolute Gasteiger partial charge is 0.406 e.